The molecule has 0 saturated carbocycles. The summed E-state index contributed by atoms with van der Waals surface area (Å²) in [5, 5.41) is 9.96. The molecule has 0 saturated heterocycles. The SMILES string of the molecule is C#CCNC(=O)c1ccccc1NCC(=O)NC(=O)NCC. The van der Waals surface area contributed by atoms with Crippen LogP contribution in [0.15, 0.2) is 24.3 Å². The molecule has 0 aliphatic rings. The Labute approximate surface area is 128 Å². The van der Waals surface area contributed by atoms with E-state index in [-0.39, 0.29) is 19.0 Å². The minimum Gasteiger partial charge on any atom is -0.375 e. The van der Waals surface area contributed by atoms with Gasteiger partial charge in [-0.25, -0.2) is 4.79 Å². The van der Waals surface area contributed by atoms with Gasteiger partial charge in [-0.2, -0.15) is 0 Å². The number of terminal acetylenes is 1. The lowest BCUT2D eigenvalue weighted by atomic mass is 10.1. The maximum Gasteiger partial charge on any atom is 0.321 e. The number of hydrogen-bond acceptors (Lipinski definition) is 4. The molecule has 22 heavy (non-hydrogen) atoms. The summed E-state index contributed by atoms with van der Waals surface area (Å²) in [6.45, 7) is 2.14. The first-order valence-electron chi connectivity index (χ1n) is 6.70. The molecule has 0 aliphatic heterocycles. The molecule has 0 heterocycles. The van der Waals surface area contributed by atoms with Crippen molar-refractivity contribution in [3.63, 3.8) is 0 Å². The highest BCUT2D eigenvalue weighted by atomic mass is 16.2. The van der Waals surface area contributed by atoms with Crippen LogP contribution >= 0.6 is 0 Å². The van der Waals surface area contributed by atoms with Crippen molar-refractivity contribution >= 4 is 23.5 Å². The molecular formula is C15H18N4O3. The van der Waals surface area contributed by atoms with Crippen molar-refractivity contribution in [3.05, 3.63) is 29.8 Å². The molecule has 1 aromatic rings. The smallest absolute Gasteiger partial charge is 0.321 e. The van der Waals surface area contributed by atoms with Gasteiger partial charge >= 0.3 is 6.03 Å². The maximum atomic E-state index is 11.9. The maximum absolute atomic E-state index is 11.9. The number of hydrogen-bond donors (Lipinski definition) is 4. The summed E-state index contributed by atoms with van der Waals surface area (Å²) in [5.41, 5.74) is 0.839. The van der Waals surface area contributed by atoms with Crippen molar-refractivity contribution in [2.75, 3.05) is 25.0 Å². The fraction of sp³-hybridized carbons (Fsp3) is 0.267. The monoisotopic (exact) mass is 302 g/mol. The average Bonchev–Trinajstić information content (AvgIpc) is 2.51. The lowest BCUT2D eigenvalue weighted by molar-refractivity contribution is -0.118. The van der Waals surface area contributed by atoms with E-state index in [9.17, 15) is 14.4 Å². The van der Waals surface area contributed by atoms with E-state index in [0.29, 0.717) is 17.8 Å². The third-order valence-corrected chi connectivity index (χ3v) is 2.55. The third kappa shape index (κ3) is 5.54. The predicted molar refractivity (Wildman–Crippen MR) is 83.3 cm³/mol. The molecule has 0 spiro atoms. The highest BCUT2D eigenvalue weighted by Gasteiger charge is 2.11. The molecule has 0 aromatic heterocycles. The molecule has 0 fully saturated rings. The molecule has 4 amide bonds. The van der Waals surface area contributed by atoms with E-state index in [2.05, 4.69) is 27.2 Å². The predicted octanol–water partition coefficient (Wildman–Crippen LogP) is 0.307. The number of urea groups is 1. The Bertz CT molecular complexity index is 593. The fourth-order valence-electron chi connectivity index (χ4n) is 1.61. The van der Waals surface area contributed by atoms with Gasteiger partial charge in [-0.05, 0) is 19.1 Å². The zero-order valence-corrected chi connectivity index (χ0v) is 12.2. The van der Waals surface area contributed by atoms with E-state index >= 15 is 0 Å². The molecule has 7 heteroatoms. The molecule has 7 nitrogen and oxygen atoms in total. The summed E-state index contributed by atoms with van der Waals surface area (Å²) in [5.74, 6) is 1.46. The highest BCUT2D eigenvalue weighted by Crippen LogP contribution is 2.14. The lowest BCUT2D eigenvalue weighted by Gasteiger charge is -2.11. The normalized spacial score (nSPS) is 9.27. The highest BCUT2D eigenvalue weighted by molar-refractivity contribution is 6.01. The van der Waals surface area contributed by atoms with Gasteiger partial charge in [-0.1, -0.05) is 18.1 Å². The van der Waals surface area contributed by atoms with Crippen LogP contribution in [0.4, 0.5) is 10.5 Å². The molecule has 116 valence electrons. The Morgan fingerprint density at radius 1 is 1.18 bits per heavy atom. The van der Waals surface area contributed by atoms with Crippen molar-refractivity contribution in [2.24, 2.45) is 0 Å². The van der Waals surface area contributed by atoms with Gasteiger partial charge in [0.05, 0.1) is 18.7 Å². The Balaban J connectivity index is 2.63. The number of benzene rings is 1. The van der Waals surface area contributed by atoms with Crippen LogP contribution < -0.4 is 21.3 Å². The van der Waals surface area contributed by atoms with Crippen LogP contribution in [0.1, 0.15) is 17.3 Å². The quantitative estimate of drug-likeness (QED) is 0.568. The summed E-state index contributed by atoms with van der Waals surface area (Å²) >= 11 is 0. The van der Waals surface area contributed by atoms with Crippen LogP contribution in [-0.2, 0) is 4.79 Å². The largest absolute Gasteiger partial charge is 0.375 e. The zero-order valence-electron chi connectivity index (χ0n) is 12.2. The molecule has 4 N–H and O–H groups in total. The average molecular weight is 302 g/mol. The number of rotatable bonds is 6. The van der Waals surface area contributed by atoms with Crippen LogP contribution in [0.5, 0.6) is 0 Å². The molecule has 1 rings (SSSR count). The number of nitrogens with one attached hydrogen (secondary N) is 4. The Morgan fingerprint density at radius 3 is 2.59 bits per heavy atom. The first-order valence-corrected chi connectivity index (χ1v) is 6.70. The molecule has 1 aromatic carbocycles. The third-order valence-electron chi connectivity index (χ3n) is 2.55. The first-order chi connectivity index (χ1) is 10.6. The summed E-state index contributed by atoms with van der Waals surface area (Å²) in [6, 6.07) is 6.13. The van der Waals surface area contributed by atoms with E-state index < -0.39 is 11.9 Å². The van der Waals surface area contributed by atoms with E-state index in [4.69, 9.17) is 6.42 Å². The van der Waals surface area contributed by atoms with Gasteiger partial charge in [-0.15, -0.1) is 6.42 Å². The second kappa shape index (κ2) is 9.02. The number of para-hydroxylation sites is 1. The van der Waals surface area contributed by atoms with Crippen molar-refractivity contribution in [3.8, 4) is 12.3 Å². The number of amides is 4. The van der Waals surface area contributed by atoms with Crippen LogP contribution in [-0.4, -0.2) is 37.5 Å². The van der Waals surface area contributed by atoms with Crippen LogP contribution in [0.3, 0.4) is 0 Å². The molecule has 0 bridgehead atoms. The Kier molecular flexibility index (Phi) is 6.99. The molecule has 0 radical (unpaired) electrons. The number of anilines is 1. The van der Waals surface area contributed by atoms with Gasteiger partial charge < -0.3 is 16.0 Å². The van der Waals surface area contributed by atoms with E-state index in [0.717, 1.165) is 0 Å². The van der Waals surface area contributed by atoms with Gasteiger partial charge in [0.2, 0.25) is 5.91 Å². The number of carbonyl (C=O) groups excluding carboxylic acids is 3. The van der Waals surface area contributed by atoms with E-state index in [1.807, 2.05) is 0 Å². The number of carbonyl (C=O) groups is 3. The van der Waals surface area contributed by atoms with Gasteiger partial charge in [0.25, 0.3) is 5.91 Å². The van der Waals surface area contributed by atoms with Crippen molar-refractivity contribution in [2.45, 2.75) is 6.92 Å². The van der Waals surface area contributed by atoms with E-state index in [1.165, 1.54) is 0 Å². The molecule has 0 aliphatic carbocycles. The molecular weight excluding hydrogens is 284 g/mol. The second-order valence-corrected chi connectivity index (χ2v) is 4.19. The summed E-state index contributed by atoms with van der Waals surface area (Å²) in [6.07, 6.45) is 5.09. The second-order valence-electron chi connectivity index (χ2n) is 4.19. The van der Waals surface area contributed by atoms with Gasteiger partial charge in [0, 0.05) is 12.2 Å². The van der Waals surface area contributed by atoms with Gasteiger partial charge in [0.1, 0.15) is 0 Å². The lowest BCUT2D eigenvalue weighted by Crippen LogP contribution is -2.41. The summed E-state index contributed by atoms with van der Waals surface area (Å²) in [7, 11) is 0. The first kappa shape index (κ1) is 17.0. The topological polar surface area (TPSA) is 99.3 Å². The Morgan fingerprint density at radius 2 is 1.91 bits per heavy atom. The summed E-state index contributed by atoms with van der Waals surface area (Å²) < 4.78 is 0. The minimum atomic E-state index is -0.561. The van der Waals surface area contributed by atoms with Crippen molar-refractivity contribution in [1.82, 2.24) is 16.0 Å². The number of imide groups is 1. The molecule has 0 atom stereocenters. The fourth-order valence-corrected chi connectivity index (χ4v) is 1.61. The van der Waals surface area contributed by atoms with Crippen LogP contribution in [0, 0.1) is 12.3 Å². The van der Waals surface area contributed by atoms with Crippen LogP contribution in [0.2, 0.25) is 0 Å². The van der Waals surface area contributed by atoms with Gasteiger partial charge in [0.15, 0.2) is 0 Å². The van der Waals surface area contributed by atoms with Crippen LogP contribution in [0.25, 0.3) is 0 Å². The van der Waals surface area contributed by atoms with Crippen molar-refractivity contribution < 1.29 is 14.4 Å². The summed E-state index contributed by atoms with van der Waals surface area (Å²) in [4.78, 5) is 34.7. The minimum absolute atomic E-state index is 0.116. The standard InChI is InChI=1S/C15H18N4O3/c1-3-9-17-14(21)11-7-5-6-8-12(11)18-10-13(20)19-15(22)16-4-2/h1,5-8,18H,4,9-10H2,2H3,(H,17,21)(H2,16,19,20,22). The van der Waals surface area contributed by atoms with Gasteiger partial charge in [-0.3, -0.25) is 14.9 Å². The Hall–Kier alpha value is -3.01. The van der Waals surface area contributed by atoms with Crippen molar-refractivity contribution in [1.29, 1.82) is 0 Å². The van der Waals surface area contributed by atoms with E-state index in [1.54, 1.807) is 31.2 Å². The molecule has 0 unspecified atom stereocenters. The zero-order chi connectivity index (χ0) is 16.4.